The van der Waals surface area contributed by atoms with Gasteiger partial charge in [0.1, 0.15) is 18.6 Å². The number of nitrogens with one attached hydrogen (secondary N) is 1. The third kappa shape index (κ3) is 7.06. The number of morpholine rings is 1. The normalized spacial score (nSPS) is 16.2. The number of imidazole rings is 1. The molecule has 52 heavy (non-hydrogen) atoms. The Balaban J connectivity index is 1.29. The van der Waals surface area contributed by atoms with Gasteiger partial charge < -0.3 is 19.3 Å². The van der Waals surface area contributed by atoms with Crippen LogP contribution in [0.1, 0.15) is 29.3 Å². The fourth-order valence-corrected chi connectivity index (χ4v) is 6.71. The number of anilines is 1. The van der Waals surface area contributed by atoms with Crippen molar-refractivity contribution in [1.29, 1.82) is 5.26 Å². The molecule has 12 nitrogen and oxygen atoms in total. The maximum atomic E-state index is 13.0. The molecule has 1 saturated heterocycles. The number of rotatable bonds is 13. The van der Waals surface area contributed by atoms with Gasteiger partial charge in [-0.1, -0.05) is 109 Å². The largest absolute Gasteiger partial charge is 0.484 e. The Bertz CT molecular complexity index is 2030. The second-order valence-corrected chi connectivity index (χ2v) is 12.2. The van der Waals surface area contributed by atoms with Gasteiger partial charge in [0, 0.05) is 13.1 Å². The maximum absolute atomic E-state index is 13.0. The first-order valence-electron chi connectivity index (χ1n) is 17.0. The van der Waals surface area contributed by atoms with Crippen LogP contribution in [0.3, 0.4) is 0 Å². The first-order chi connectivity index (χ1) is 25.6. The Morgan fingerprint density at radius 3 is 2.04 bits per heavy atom. The van der Waals surface area contributed by atoms with Crippen LogP contribution < -0.4 is 14.8 Å². The molecule has 3 heterocycles. The third-order valence-corrected chi connectivity index (χ3v) is 8.92. The molecule has 12 heteroatoms. The Morgan fingerprint density at radius 2 is 1.46 bits per heavy atom. The standard InChI is InChI=1S/C40H37N7O5/c41-22-13-23-50-38-36-37(44-39(45-38)43-34(49)27-51-32-20-11-4-12-21-32)47(28-42-36)35-25-46(24-33(26-48)52-35)40(29-14-5-1-6-15-29,30-16-7-2-8-17-30)31-18-9-3-10-19-31/h1-12,14-21,28,33,35,48H,13,23-27H2,(H,43,44,45,49)/t33-,35+/m0/s1. The molecule has 0 aliphatic carbocycles. The molecule has 1 aliphatic rings. The van der Waals surface area contributed by atoms with E-state index in [4.69, 9.17) is 24.5 Å². The number of nitriles is 1. The number of carbonyl (C=O) groups excluding carboxylic acids is 1. The summed E-state index contributed by atoms with van der Waals surface area (Å²) in [6.45, 7) is 0.345. The van der Waals surface area contributed by atoms with Crippen molar-refractivity contribution in [2.45, 2.75) is 24.3 Å². The molecule has 2 aromatic heterocycles. The number of para-hydroxylation sites is 1. The monoisotopic (exact) mass is 695 g/mol. The van der Waals surface area contributed by atoms with Crippen molar-refractivity contribution >= 4 is 23.0 Å². The van der Waals surface area contributed by atoms with E-state index in [1.54, 1.807) is 23.0 Å². The van der Waals surface area contributed by atoms with Crippen LogP contribution in [0, 0.1) is 11.3 Å². The van der Waals surface area contributed by atoms with Gasteiger partial charge in [0.25, 0.3) is 5.91 Å². The minimum atomic E-state index is -0.770. The van der Waals surface area contributed by atoms with E-state index >= 15 is 0 Å². The van der Waals surface area contributed by atoms with E-state index in [9.17, 15) is 9.90 Å². The number of carbonyl (C=O) groups is 1. The molecular formula is C40H37N7O5. The average Bonchev–Trinajstić information content (AvgIpc) is 3.63. The highest BCUT2D eigenvalue weighted by molar-refractivity contribution is 5.91. The molecule has 0 bridgehead atoms. The summed E-state index contributed by atoms with van der Waals surface area (Å²) in [5.74, 6) is 0.150. The summed E-state index contributed by atoms with van der Waals surface area (Å²) in [6.07, 6.45) is 0.462. The minimum absolute atomic E-state index is 0.0264. The fraction of sp³-hybridized carbons (Fsp3) is 0.225. The summed E-state index contributed by atoms with van der Waals surface area (Å²) < 4.78 is 19.8. The summed E-state index contributed by atoms with van der Waals surface area (Å²) in [5, 5.41) is 22.5. The number of aliphatic hydroxyl groups is 1. The van der Waals surface area contributed by atoms with Gasteiger partial charge in [-0.3, -0.25) is 19.6 Å². The van der Waals surface area contributed by atoms with Gasteiger partial charge in [-0.15, -0.1) is 0 Å². The number of ether oxygens (including phenoxy) is 3. The molecule has 0 unspecified atom stereocenters. The van der Waals surface area contributed by atoms with Crippen LogP contribution in [0.15, 0.2) is 128 Å². The van der Waals surface area contributed by atoms with E-state index in [0.29, 0.717) is 30.0 Å². The molecule has 262 valence electrons. The van der Waals surface area contributed by atoms with Crippen molar-refractivity contribution in [3.05, 3.63) is 144 Å². The van der Waals surface area contributed by atoms with Crippen molar-refractivity contribution in [3.63, 3.8) is 0 Å². The number of nitrogens with zero attached hydrogens (tertiary/aromatic N) is 6. The maximum Gasteiger partial charge on any atom is 0.264 e. The molecule has 1 amide bonds. The molecule has 2 N–H and O–H groups in total. The summed E-state index contributed by atoms with van der Waals surface area (Å²) >= 11 is 0. The highest BCUT2D eigenvalue weighted by atomic mass is 16.5. The number of aliphatic hydroxyl groups excluding tert-OH is 1. The Hall–Kier alpha value is -6.13. The van der Waals surface area contributed by atoms with Crippen LogP contribution in [0.25, 0.3) is 11.2 Å². The van der Waals surface area contributed by atoms with E-state index in [0.717, 1.165) is 16.7 Å². The second-order valence-electron chi connectivity index (χ2n) is 12.2. The lowest BCUT2D eigenvalue weighted by atomic mass is 9.75. The molecule has 0 spiro atoms. The van der Waals surface area contributed by atoms with Crippen molar-refractivity contribution < 1.29 is 24.1 Å². The minimum Gasteiger partial charge on any atom is -0.484 e. The Labute approximate surface area is 300 Å². The van der Waals surface area contributed by atoms with Gasteiger partial charge in [0.2, 0.25) is 11.8 Å². The van der Waals surface area contributed by atoms with Gasteiger partial charge in [-0.25, -0.2) is 4.98 Å². The van der Waals surface area contributed by atoms with Gasteiger partial charge in [0.05, 0.1) is 37.1 Å². The van der Waals surface area contributed by atoms with Crippen molar-refractivity contribution in [3.8, 4) is 17.7 Å². The van der Waals surface area contributed by atoms with Crippen LogP contribution in [0.5, 0.6) is 11.6 Å². The number of benzene rings is 4. The van der Waals surface area contributed by atoms with Crippen LogP contribution >= 0.6 is 0 Å². The fourth-order valence-electron chi connectivity index (χ4n) is 6.71. The number of aromatic nitrogens is 4. The first kappa shape index (κ1) is 34.3. The van der Waals surface area contributed by atoms with E-state index in [2.05, 4.69) is 62.7 Å². The predicted octanol–water partition coefficient (Wildman–Crippen LogP) is 5.32. The zero-order chi connectivity index (χ0) is 35.8. The highest BCUT2D eigenvalue weighted by Crippen LogP contribution is 2.45. The molecule has 7 rings (SSSR count). The lowest BCUT2D eigenvalue weighted by Crippen LogP contribution is -2.57. The van der Waals surface area contributed by atoms with Crippen LogP contribution in [0.2, 0.25) is 0 Å². The van der Waals surface area contributed by atoms with E-state index in [1.165, 1.54) is 0 Å². The molecule has 1 aliphatic heterocycles. The summed E-state index contributed by atoms with van der Waals surface area (Å²) in [5.41, 5.74) is 3.07. The average molecular weight is 696 g/mol. The zero-order valence-corrected chi connectivity index (χ0v) is 28.3. The smallest absolute Gasteiger partial charge is 0.264 e. The topological polar surface area (TPSA) is 148 Å². The lowest BCUT2D eigenvalue weighted by molar-refractivity contribution is -0.148. The van der Waals surface area contributed by atoms with Crippen LogP contribution in [-0.4, -0.2) is 74.4 Å². The summed E-state index contributed by atoms with van der Waals surface area (Å²) in [4.78, 5) is 29.1. The third-order valence-electron chi connectivity index (χ3n) is 8.92. The quantitative estimate of drug-likeness (QED) is 0.120. The highest BCUT2D eigenvalue weighted by Gasteiger charge is 2.46. The zero-order valence-electron chi connectivity index (χ0n) is 28.3. The lowest BCUT2D eigenvalue weighted by Gasteiger charge is -2.50. The molecule has 2 atom stereocenters. The Morgan fingerprint density at radius 1 is 0.865 bits per heavy atom. The summed E-state index contributed by atoms with van der Waals surface area (Å²) in [6, 6.07) is 42.0. The first-order valence-corrected chi connectivity index (χ1v) is 17.0. The molecular weight excluding hydrogens is 658 g/mol. The van der Waals surface area contributed by atoms with Gasteiger partial charge >= 0.3 is 0 Å². The molecule has 4 aromatic carbocycles. The van der Waals surface area contributed by atoms with E-state index < -0.39 is 23.8 Å². The molecule has 0 saturated carbocycles. The second kappa shape index (κ2) is 15.8. The van der Waals surface area contributed by atoms with Crippen LogP contribution in [0.4, 0.5) is 5.95 Å². The van der Waals surface area contributed by atoms with Crippen LogP contribution in [-0.2, 0) is 15.1 Å². The predicted molar refractivity (Wildman–Crippen MR) is 193 cm³/mol. The number of hydrogen-bond acceptors (Lipinski definition) is 10. The number of hydrogen-bond donors (Lipinski definition) is 2. The van der Waals surface area contributed by atoms with Gasteiger partial charge in [0.15, 0.2) is 17.8 Å². The van der Waals surface area contributed by atoms with Gasteiger partial charge in [-0.05, 0) is 28.8 Å². The van der Waals surface area contributed by atoms with E-state index in [1.807, 2.05) is 72.8 Å². The van der Waals surface area contributed by atoms with Crippen molar-refractivity contribution in [1.82, 2.24) is 24.4 Å². The Kier molecular flexibility index (Phi) is 10.4. The van der Waals surface area contributed by atoms with Gasteiger partial charge in [-0.2, -0.15) is 15.2 Å². The molecule has 6 aromatic rings. The number of fused-ring (bicyclic) bond motifs is 1. The summed E-state index contributed by atoms with van der Waals surface area (Å²) in [7, 11) is 0. The van der Waals surface area contributed by atoms with Crippen molar-refractivity contribution in [2.75, 3.05) is 38.2 Å². The molecule has 0 radical (unpaired) electrons. The SMILES string of the molecule is N#CCCOc1nc(NC(=O)COc2ccccc2)nc2c1ncn2[C@H]1CN(C(c2ccccc2)(c2ccccc2)c2ccccc2)C[C@@H](CO)O1. The number of amides is 1. The van der Waals surface area contributed by atoms with E-state index in [-0.39, 0.29) is 38.1 Å². The van der Waals surface area contributed by atoms with Crippen molar-refractivity contribution in [2.24, 2.45) is 0 Å². The molecule has 1 fully saturated rings.